The number of hydrogen-bond acceptors (Lipinski definition) is 14. The van der Waals surface area contributed by atoms with E-state index in [2.05, 4.69) is 50.5 Å². The minimum absolute atomic E-state index is 0.232. The number of sulfone groups is 1. The van der Waals surface area contributed by atoms with Crippen LogP contribution in [-0.2, 0) is 9.84 Å². The summed E-state index contributed by atoms with van der Waals surface area (Å²) in [6.45, 7) is 0. The molecule has 7 aromatic rings. The van der Waals surface area contributed by atoms with Crippen LogP contribution in [0, 0.1) is 0 Å². The predicted molar refractivity (Wildman–Crippen MR) is 173 cm³/mol. The summed E-state index contributed by atoms with van der Waals surface area (Å²) in [4.78, 5) is 24.1. The number of hydrogen-bond donors (Lipinski definition) is 0. The van der Waals surface area contributed by atoms with Gasteiger partial charge in [0.05, 0.1) is 11.0 Å². The van der Waals surface area contributed by atoms with Crippen molar-refractivity contribution in [2.75, 3.05) is 18.8 Å². The van der Waals surface area contributed by atoms with E-state index in [1.165, 1.54) is 34.4 Å². The third kappa shape index (κ3) is 7.93. The standard InChI is InChI=1S/C11H9N5O2S.C11H9N5S.C5H5ClN2S/c1-19(17,18)11-12-7-6-10(13-11)16-9-5-3-2-4-8(9)14-15-16;1-17-11-12-7-6-10(13-11)16-9-5-3-2-4-8(9)14-15-16;1-9-5-7-3-2-4(6)8-5/h2-7H,1H3;2-7H,1H3;2-3H,1H3. The molecule has 2 aromatic carbocycles. The minimum Gasteiger partial charge on any atom is -0.231 e. The SMILES string of the molecule is CS(=O)(=O)c1nccc(-n2nnc3ccccc32)n1.CSc1nccc(-n2nnc3ccccc32)n1.CSc1nccc(Cl)n1. The number of thioether (sulfide) groups is 2. The Morgan fingerprint density at radius 1 is 0.644 bits per heavy atom. The summed E-state index contributed by atoms with van der Waals surface area (Å²) in [6.07, 6.45) is 9.66. The van der Waals surface area contributed by atoms with Gasteiger partial charge >= 0.3 is 0 Å². The van der Waals surface area contributed by atoms with Crippen molar-refractivity contribution >= 4 is 67.0 Å². The van der Waals surface area contributed by atoms with Gasteiger partial charge in [0.1, 0.15) is 16.2 Å². The van der Waals surface area contributed by atoms with Gasteiger partial charge in [0, 0.05) is 37.0 Å². The Bertz CT molecular complexity index is 2180. The first-order chi connectivity index (χ1) is 21.8. The zero-order valence-corrected chi connectivity index (χ0v) is 27.1. The van der Waals surface area contributed by atoms with Crippen molar-refractivity contribution in [1.82, 2.24) is 59.9 Å². The highest BCUT2D eigenvalue weighted by atomic mass is 35.5. The van der Waals surface area contributed by atoms with Gasteiger partial charge in [0.15, 0.2) is 21.9 Å². The van der Waals surface area contributed by atoms with E-state index in [9.17, 15) is 8.42 Å². The molecule has 228 valence electrons. The van der Waals surface area contributed by atoms with Crippen LogP contribution < -0.4 is 0 Å². The van der Waals surface area contributed by atoms with Crippen LogP contribution in [-0.4, -0.2) is 87.1 Å². The van der Waals surface area contributed by atoms with Gasteiger partial charge in [-0.1, -0.05) is 69.8 Å². The summed E-state index contributed by atoms with van der Waals surface area (Å²) in [5, 5.41) is 17.9. The molecule has 0 aliphatic carbocycles. The molecule has 0 fully saturated rings. The maximum absolute atomic E-state index is 11.4. The van der Waals surface area contributed by atoms with Crippen molar-refractivity contribution in [3.05, 3.63) is 90.5 Å². The average molecular weight is 679 g/mol. The number of aromatic nitrogens is 12. The van der Waals surface area contributed by atoms with E-state index in [1.54, 1.807) is 29.2 Å². The van der Waals surface area contributed by atoms with Gasteiger partial charge in [-0.25, -0.2) is 33.3 Å². The fraction of sp³-hybridized carbons (Fsp3) is 0.111. The van der Waals surface area contributed by atoms with Crippen molar-refractivity contribution in [3.63, 3.8) is 0 Å². The van der Waals surface area contributed by atoms with Crippen LogP contribution in [0.15, 0.2) is 101 Å². The van der Waals surface area contributed by atoms with Gasteiger partial charge in [-0.3, -0.25) is 0 Å². The summed E-state index contributed by atoms with van der Waals surface area (Å²) in [5.74, 6) is 1.10. The van der Waals surface area contributed by atoms with Crippen LogP contribution in [0.25, 0.3) is 33.7 Å². The molecule has 0 N–H and O–H groups in total. The molecule has 0 saturated heterocycles. The number of nitrogens with zero attached hydrogens (tertiary/aromatic N) is 12. The normalized spacial score (nSPS) is 11.0. The van der Waals surface area contributed by atoms with Crippen molar-refractivity contribution in [3.8, 4) is 11.6 Å². The van der Waals surface area contributed by atoms with Crippen LogP contribution in [0.5, 0.6) is 0 Å². The van der Waals surface area contributed by atoms with Crippen LogP contribution in [0.3, 0.4) is 0 Å². The molecule has 0 unspecified atom stereocenters. The van der Waals surface area contributed by atoms with E-state index in [1.807, 2.05) is 67.1 Å². The Morgan fingerprint density at radius 2 is 1.13 bits per heavy atom. The van der Waals surface area contributed by atoms with E-state index in [-0.39, 0.29) is 5.16 Å². The zero-order valence-electron chi connectivity index (χ0n) is 23.9. The van der Waals surface area contributed by atoms with Crippen molar-refractivity contribution in [2.45, 2.75) is 15.5 Å². The summed E-state index contributed by atoms with van der Waals surface area (Å²) >= 11 is 8.54. The predicted octanol–water partition coefficient (Wildman–Crippen LogP) is 4.40. The topological polar surface area (TPSA) is 173 Å². The Balaban J connectivity index is 0.000000142. The second-order valence-corrected chi connectivity index (χ2v) is 12.6. The Labute approximate surface area is 270 Å². The maximum Gasteiger partial charge on any atom is 0.248 e. The number of para-hydroxylation sites is 2. The molecule has 0 radical (unpaired) electrons. The lowest BCUT2D eigenvalue weighted by molar-refractivity contribution is 0.591. The number of rotatable bonds is 5. The Morgan fingerprint density at radius 3 is 1.64 bits per heavy atom. The average Bonchev–Trinajstić information content (AvgIpc) is 3.70. The molecule has 7 rings (SSSR count). The molecule has 0 spiro atoms. The first-order valence-electron chi connectivity index (χ1n) is 12.8. The monoisotopic (exact) mass is 678 g/mol. The van der Waals surface area contributed by atoms with Gasteiger partial charge in [-0.05, 0) is 42.8 Å². The fourth-order valence-electron chi connectivity index (χ4n) is 3.67. The van der Waals surface area contributed by atoms with E-state index in [0.717, 1.165) is 33.8 Å². The third-order valence-electron chi connectivity index (χ3n) is 5.67. The smallest absolute Gasteiger partial charge is 0.231 e. The summed E-state index contributed by atoms with van der Waals surface area (Å²) in [5.41, 5.74) is 3.26. The highest BCUT2D eigenvalue weighted by Gasteiger charge is 2.14. The lowest BCUT2D eigenvalue weighted by Crippen LogP contribution is -2.08. The molecule has 0 atom stereocenters. The van der Waals surface area contributed by atoms with E-state index in [0.29, 0.717) is 21.6 Å². The maximum atomic E-state index is 11.4. The van der Waals surface area contributed by atoms with Crippen molar-refractivity contribution in [1.29, 1.82) is 0 Å². The van der Waals surface area contributed by atoms with Gasteiger partial charge < -0.3 is 0 Å². The summed E-state index contributed by atoms with van der Waals surface area (Å²) in [6, 6.07) is 20.2. The van der Waals surface area contributed by atoms with Crippen LogP contribution in [0.1, 0.15) is 0 Å². The highest BCUT2D eigenvalue weighted by molar-refractivity contribution is 7.98. The van der Waals surface area contributed by atoms with Crippen LogP contribution in [0.4, 0.5) is 0 Å². The quantitative estimate of drug-likeness (QED) is 0.142. The third-order valence-corrected chi connectivity index (χ3v) is 7.87. The summed E-state index contributed by atoms with van der Waals surface area (Å²) < 4.78 is 26.1. The molecular formula is C27H23ClN12O2S3. The van der Waals surface area contributed by atoms with Gasteiger partial charge in [-0.2, -0.15) is 14.3 Å². The molecule has 14 nitrogen and oxygen atoms in total. The molecule has 0 saturated carbocycles. The first kappa shape index (κ1) is 31.8. The molecule has 0 amide bonds. The lowest BCUT2D eigenvalue weighted by atomic mass is 10.3. The second kappa shape index (κ2) is 14.5. The van der Waals surface area contributed by atoms with Gasteiger partial charge in [0.25, 0.3) is 0 Å². The van der Waals surface area contributed by atoms with E-state index in [4.69, 9.17) is 11.6 Å². The first-order valence-corrected chi connectivity index (χ1v) is 17.5. The Kier molecular flexibility index (Phi) is 10.2. The number of benzene rings is 2. The van der Waals surface area contributed by atoms with Crippen LogP contribution >= 0.6 is 35.1 Å². The second-order valence-electron chi connectivity index (χ2n) is 8.72. The molecule has 0 aliphatic heterocycles. The minimum atomic E-state index is -3.45. The van der Waals surface area contributed by atoms with Gasteiger partial charge in [-0.15, -0.1) is 10.2 Å². The molecule has 45 heavy (non-hydrogen) atoms. The molecule has 18 heteroatoms. The van der Waals surface area contributed by atoms with E-state index >= 15 is 0 Å². The molecular weight excluding hydrogens is 656 g/mol. The van der Waals surface area contributed by atoms with Gasteiger partial charge in [0.2, 0.25) is 15.0 Å². The van der Waals surface area contributed by atoms with Crippen LogP contribution in [0.2, 0.25) is 5.15 Å². The zero-order chi connectivity index (χ0) is 31.8. The molecule has 0 bridgehead atoms. The lowest BCUT2D eigenvalue weighted by Gasteiger charge is -2.02. The largest absolute Gasteiger partial charge is 0.248 e. The number of fused-ring (bicyclic) bond motifs is 2. The molecule has 0 aliphatic rings. The Hall–Kier alpha value is -4.58. The molecule has 5 aromatic heterocycles. The highest BCUT2D eigenvalue weighted by Crippen LogP contribution is 2.17. The fourth-order valence-corrected chi connectivity index (χ4v) is 5.08. The molecule has 5 heterocycles. The van der Waals surface area contributed by atoms with Crippen molar-refractivity contribution < 1.29 is 8.42 Å². The summed E-state index contributed by atoms with van der Waals surface area (Å²) in [7, 11) is -3.45. The van der Waals surface area contributed by atoms with Crippen molar-refractivity contribution in [2.24, 2.45) is 0 Å². The number of halogens is 1. The van der Waals surface area contributed by atoms with E-state index < -0.39 is 9.84 Å².